The van der Waals surface area contributed by atoms with Crippen molar-refractivity contribution in [2.45, 2.75) is 25.9 Å². The summed E-state index contributed by atoms with van der Waals surface area (Å²) in [5.41, 5.74) is 0. The zero-order chi connectivity index (χ0) is 14.4. The normalized spacial score (nSPS) is 18.4. The summed E-state index contributed by atoms with van der Waals surface area (Å²) in [5.74, 6) is 0.224. The molecule has 2 amide bonds. The Morgan fingerprint density at radius 1 is 1.55 bits per heavy atom. The van der Waals surface area contributed by atoms with E-state index in [2.05, 4.69) is 15.3 Å². The van der Waals surface area contributed by atoms with Crippen LogP contribution >= 0.6 is 0 Å². The maximum atomic E-state index is 11.9. The second-order valence-corrected chi connectivity index (χ2v) is 4.68. The fraction of sp³-hybridized carbons (Fsp3) is 0.538. The molecular weight excluding hydrogens is 260 g/mol. The standard InChI is InChI=1S/C13H18N4O3/c1-10(18)15-7-13(19)17-6-2-3-11(8-17)20-12-4-5-14-9-16-12/h4-5,9,11H,2-3,6-8H2,1H3,(H,15,18)/t11-/m1/s1. The van der Waals surface area contributed by atoms with Crippen LogP contribution in [0.1, 0.15) is 19.8 Å². The van der Waals surface area contributed by atoms with Crippen molar-refractivity contribution >= 4 is 11.8 Å². The maximum absolute atomic E-state index is 11.9. The summed E-state index contributed by atoms with van der Waals surface area (Å²) < 4.78 is 5.73. The number of piperidine rings is 1. The molecular formula is C13H18N4O3. The van der Waals surface area contributed by atoms with Crippen molar-refractivity contribution in [3.63, 3.8) is 0 Å². The second kappa shape index (κ2) is 6.83. The lowest BCUT2D eigenvalue weighted by molar-refractivity contribution is -0.134. The van der Waals surface area contributed by atoms with Gasteiger partial charge < -0.3 is 15.0 Å². The van der Waals surface area contributed by atoms with Gasteiger partial charge in [-0.1, -0.05) is 0 Å². The molecule has 0 aliphatic carbocycles. The molecule has 0 radical (unpaired) electrons. The average molecular weight is 278 g/mol. The lowest BCUT2D eigenvalue weighted by Crippen LogP contribution is -2.47. The SMILES string of the molecule is CC(=O)NCC(=O)N1CCC[C@@H](Oc2ccncn2)C1. The van der Waals surface area contributed by atoms with Gasteiger partial charge in [-0.05, 0) is 12.8 Å². The number of rotatable bonds is 4. The predicted molar refractivity (Wildman–Crippen MR) is 70.9 cm³/mol. The fourth-order valence-electron chi connectivity index (χ4n) is 2.09. The van der Waals surface area contributed by atoms with E-state index in [4.69, 9.17) is 4.74 Å². The lowest BCUT2D eigenvalue weighted by Gasteiger charge is -2.32. The van der Waals surface area contributed by atoms with Gasteiger partial charge in [0.05, 0.1) is 13.1 Å². The molecule has 2 heterocycles. The van der Waals surface area contributed by atoms with E-state index in [9.17, 15) is 9.59 Å². The quantitative estimate of drug-likeness (QED) is 0.837. The molecule has 2 rings (SSSR count). The molecule has 1 aliphatic rings. The molecule has 0 saturated carbocycles. The van der Waals surface area contributed by atoms with Gasteiger partial charge in [-0.15, -0.1) is 0 Å². The Bertz CT molecular complexity index is 466. The number of aromatic nitrogens is 2. The van der Waals surface area contributed by atoms with Crippen LogP contribution in [0.5, 0.6) is 5.88 Å². The Labute approximate surface area is 117 Å². The van der Waals surface area contributed by atoms with Crippen LogP contribution in [0.25, 0.3) is 0 Å². The lowest BCUT2D eigenvalue weighted by atomic mass is 10.1. The molecule has 0 bridgehead atoms. The number of carbonyl (C=O) groups is 2. The Morgan fingerprint density at radius 2 is 2.40 bits per heavy atom. The van der Waals surface area contributed by atoms with Gasteiger partial charge in [0, 0.05) is 25.7 Å². The Morgan fingerprint density at radius 3 is 3.10 bits per heavy atom. The topological polar surface area (TPSA) is 84.4 Å². The maximum Gasteiger partial charge on any atom is 0.242 e. The zero-order valence-corrected chi connectivity index (χ0v) is 11.4. The van der Waals surface area contributed by atoms with E-state index in [1.807, 2.05) is 0 Å². The minimum Gasteiger partial charge on any atom is -0.472 e. The number of carbonyl (C=O) groups excluding carboxylic acids is 2. The van der Waals surface area contributed by atoms with Crippen molar-refractivity contribution < 1.29 is 14.3 Å². The van der Waals surface area contributed by atoms with Crippen LogP contribution in [0, 0.1) is 0 Å². The Kier molecular flexibility index (Phi) is 4.86. The molecule has 0 spiro atoms. The van der Waals surface area contributed by atoms with Crippen LogP contribution in [-0.2, 0) is 9.59 Å². The molecule has 1 aromatic heterocycles. The van der Waals surface area contributed by atoms with Crippen LogP contribution in [0.4, 0.5) is 0 Å². The zero-order valence-electron chi connectivity index (χ0n) is 11.4. The van der Waals surface area contributed by atoms with Gasteiger partial charge >= 0.3 is 0 Å². The third-order valence-electron chi connectivity index (χ3n) is 3.06. The van der Waals surface area contributed by atoms with Gasteiger partial charge in [-0.3, -0.25) is 9.59 Å². The highest BCUT2D eigenvalue weighted by atomic mass is 16.5. The first-order valence-corrected chi connectivity index (χ1v) is 6.60. The molecule has 1 aliphatic heterocycles. The summed E-state index contributed by atoms with van der Waals surface area (Å²) in [6.07, 6.45) is 4.73. The van der Waals surface area contributed by atoms with Crippen molar-refractivity contribution in [2.75, 3.05) is 19.6 Å². The predicted octanol–water partition coefficient (Wildman–Crippen LogP) is -0.0175. The van der Waals surface area contributed by atoms with E-state index in [-0.39, 0.29) is 24.5 Å². The summed E-state index contributed by atoms with van der Waals surface area (Å²) in [5, 5.41) is 2.52. The highest BCUT2D eigenvalue weighted by molar-refractivity contribution is 5.83. The highest BCUT2D eigenvalue weighted by Gasteiger charge is 2.25. The molecule has 108 valence electrons. The van der Waals surface area contributed by atoms with Crippen molar-refractivity contribution in [2.24, 2.45) is 0 Å². The summed E-state index contributed by atoms with van der Waals surface area (Å²) in [4.78, 5) is 32.3. The van der Waals surface area contributed by atoms with Crippen molar-refractivity contribution in [3.05, 3.63) is 18.6 Å². The van der Waals surface area contributed by atoms with Crippen LogP contribution in [0.2, 0.25) is 0 Å². The molecule has 7 nitrogen and oxygen atoms in total. The first kappa shape index (κ1) is 14.2. The molecule has 1 saturated heterocycles. The third kappa shape index (κ3) is 4.18. The summed E-state index contributed by atoms with van der Waals surface area (Å²) in [6, 6.07) is 1.69. The van der Waals surface area contributed by atoms with Gasteiger partial charge in [-0.2, -0.15) is 0 Å². The molecule has 1 aromatic rings. The van der Waals surface area contributed by atoms with E-state index >= 15 is 0 Å². The smallest absolute Gasteiger partial charge is 0.242 e. The number of hydrogen-bond acceptors (Lipinski definition) is 5. The molecule has 1 atom stereocenters. The van der Waals surface area contributed by atoms with Crippen molar-refractivity contribution in [3.8, 4) is 5.88 Å². The average Bonchev–Trinajstić information content (AvgIpc) is 2.46. The number of ether oxygens (including phenoxy) is 1. The minimum atomic E-state index is -0.204. The van der Waals surface area contributed by atoms with E-state index in [0.29, 0.717) is 19.0 Å². The molecule has 20 heavy (non-hydrogen) atoms. The first-order chi connectivity index (χ1) is 9.65. The van der Waals surface area contributed by atoms with E-state index in [0.717, 1.165) is 12.8 Å². The third-order valence-corrected chi connectivity index (χ3v) is 3.06. The van der Waals surface area contributed by atoms with Crippen molar-refractivity contribution in [1.29, 1.82) is 0 Å². The monoisotopic (exact) mass is 278 g/mol. The molecule has 7 heteroatoms. The second-order valence-electron chi connectivity index (χ2n) is 4.68. The summed E-state index contributed by atoms with van der Waals surface area (Å²) in [6.45, 7) is 2.64. The van der Waals surface area contributed by atoms with Crippen LogP contribution < -0.4 is 10.1 Å². The fourth-order valence-corrected chi connectivity index (χ4v) is 2.09. The molecule has 1 fully saturated rings. The number of nitrogens with zero attached hydrogens (tertiary/aromatic N) is 3. The van der Waals surface area contributed by atoms with E-state index < -0.39 is 0 Å². The van der Waals surface area contributed by atoms with Crippen LogP contribution in [-0.4, -0.2) is 52.4 Å². The van der Waals surface area contributed by atoms with Gasteiger partial charge in [0.25, 0.3) is 0 Å². The summed E-state index contributed by atoms with van der Waals surface area (Å²) in [7, 11) is 0. The van der Waals surface area contributed by atoms with Crippen LogP contribution in [0.15, 0.2) is 18.6 Å². The van der Waals surface area contributed by atoms with E-state index in [1.54, 1.807) is 17.2 Å². The number of nitrogens with one attached hydrogen (secondary N) is 1. The largest absolute Gasteiger partial charge is 0.472 e. The molecule has 1 N–H and O–H groups in total. The van der Waals surface area contributed by atoms with Gasteiger partial charge in [0.2, 0.25) is 17.7 Å². The molecule has 0 unspecified atom stereocenters. The summed E-state index contributed by atoms with van der Waals surface area (Å²) >= 11 is 0. The Hall–Kier alpha value is -2.18. The number of hydrogen-bond donors (Lipinski definition) is 1. The minimum absolute atomic E-state index is 0.0373. The Balaban J connectivity index is 1.85. The first-order valence-electron chi connectivity index (χ1n) is 6.60. The van der Waals surface area contributed by atoms with Gasteiger partial charge in [0.1, 0.15) is 12.4 Å². The van der Waals surface area contributed by atoms with Crippen molar-refractivity contribution in [1.82, 2.24) is 20.2 Å². The highest BCUT2D eigenvalue weighted by Crippen LogP contribution is 2.15. The van der Waals surface area contributed by atoms with Crippen LogP contribution in [0.3, 0.4) is 0 Å². The number of likely N-dealkylation sites (tertiary alicyclic amines) is 1. The van der Waals surface area contributed by atoms with Gasteiger partial charge in [0.15, 0.2) is 0 Å². The molecule has 0 aromatic carbocycles. The van der Waals surface area contributed by atoms with E-state index in [1.165, 1.54) is 13.3 Å². The number of amides is 2. The van der Waals surface area contributed by atoms with Gasteiger partial charge in [-0.25, -0.2) is 9.97 Å².